The Morgan fingerprint density at radius 1 is 1.33 bits per heavy atom. The first-order chi connectivity index (χ1) is 8.69. The molecule has 0 radical (unpaired) electrons. The summed E-state index contributed by atoms with van der Waals surface area (Å²) in [5, 5.41) is 0. The minimum Gasteiger partial charge on any atom is -0.489 e. The smallest absolute Gasteiger partial charge is 0.138 e. The third-order valence-electron chi connectivity index (χ3n) is 3.84. The van der Waals surface area contributed by atoms with Crippen LogP contribution in [0.5, 0.6) is 5.75 Å². The molecule has 0 amide bonds. The summed E-state index contributed by atoms with van der Waals surface area (Å²) in [6, 6.07) is 4.01. The molecule has 18 heavy (non-hydrogen) atoms. The Kier molecular flexibility index (Phi) is 4.59. The van der Waals surface area contributed by atoms with Gasteiger partial charge in [0.1, 0.15) is 5.75 Å². The van der Waals surface area contributed by atoms with Gasteiger partial charge in [-0.05, 0) is 50.2 Å². The van der Waals surface area contributed by atoms with Crippen LogP contribution in [0.1, 0.15) is 57.7 Å². The van der Waals surface area contributed by atoms with Crippen molar-refractivity contribution in [1.82, 2.24) is 4.98 Å². The fourth-order valence-electron chi connectivity index (χ4n) is 2.43. The molecule has 3 heteroatoms. The van der Waals surface area contributed by atoms with Crippen molar-refractivity contribution in [2.75, 3.05) is 0 Å². The zero-order valence-corrected chi connectivity index (χ0v) is 11.4. The van der Waals surface area contributed by atoms with E-state index in [1.807, 2.05) is 18.3 Å². The third-order valence-corrected chi connectivity index (χ3v) is 3.84. The highest BCUT2D eigenvalue weighted by Crippen LogP contribution is 2.27. The molecule has 1 heterocycles. The molecule has 1 unspecified atom stereocenters. The summed E-state index contributed by atoms with van der Waals surface area (Å²) in [4.78, 5) is 4.38. The largest absolute Gasteiger partial charge is 0.489 e. The minimum absolute atomic E-state index is 0.0366. The summed E-state index contributed by atoms with van der Waals surface area (Å²) < 4.78 is 5.97. The molecule has 0 aliphatic heterocycles. The monoisotopic (exact) mass is 248 g/mol. The Labute approximate surface area is 110 Å². The van der Waals surface area contributed by atoms with E-state index < -0.39 is 0 Å². The van der Waals surface area contributed by atoms with Gasteiger partial charge in [0.25, 0.3) is 0 Å². The molecular weight excluding hydrogens is 224 g/mol. The molecule has 100 valence electrons. The first-order valence-electron chi connectivity index (χ1n) is 7.07. The molecule has 1 aromatic rings. The van der Waals surface area contributed by atoms with Gasteiger partial charge in [-0.15, -0.1) is 0 Å². The summed E-state index contributed by atoms with van der Waals surface area (Å²) >= 11 is 0. The van der Waals surface area contributed by atoms with Gasteiger partial charge in [-0.25, -0.2) is 0 Å². The van der Waals surface area contributed by atoms with Gasteiger partial charge in [0, 0.05) is 6.04 Å². The van der Waals surface area contributed by atoms with E-state index in [9.17, 15) is 0 Å². The maximum atomic E-state index is 5.97. The second-order valence-electron chi connectivity index (χ2n) is 5.43. The lowest BCUT2D eigenvalue weighted by molar-refractivity contribution is 0.135. The zero-order chi connectivity index (χ0) is 13.0. The lowest BCUT2D eigenvalue weighted by Crippen LogP contribution is -2.23. The van der Waals surface area contributed by atoms with Crippen molar-refractivity contribution in [2.45, 2.75) is 58.1 Å². The number of pyridine rings is 1. The topological polar surface area (TPSA) is 48.1 Å². The predicted octanol–water partition coefficient (Wildman–Crippen LogP) is 3.45. The maximum Gasteiger partial charge on any atom is 0.138 e. The van der Waals surface area contributed by atoms with Crippen LogP contribution in [0.15, 0.2) is 18.3 Å². The Morgan fingerprint density at radius 2 is 2.06 bits per heavy atom. The Balaban J connectivity index is 1.90. The van der Waals surface area contributed by atoms with Crippen LogP contribution in [0.2, 0.25) is 0 Å². The van der Waals surface area contributed by atoms with Crippen molar-refractivity contribution in [1.29, 1.82) is 0 Å². The average Bonchev–Trinajstić information content (AvgIpc) is 2.41. The van der Waals surface area contributed by atoms with E-state index in [-0.39, 0.29) is 6.04 Å². The van der Waals surface area contributed by atoms with Gasteiger partial charge in [-0.3, -0.25) is 4.98 Å². The maximum absolute atomic E-state index is 5.97. The summed E-state index contributed by atoms with van der Waals surface area (Å²) in [6.07, 6.45) is 7.97. The predicted molar refractivity (Wildman–Crippen MR) is 73.5 cm³/mol. The van der Waals surface area contributed by atoms with Crippen LogP contribution in [0.4, 0.5) is 0 Å². The summed E-state index contributed by atoms with van der Waals surface area (Å²) in [5.41, 5.74) is 6.89. The highest BCUT2D eigenvalue weighted by atomic mass is 16.5. The van der Waals surface area contributed by atoms with E-state index in [0.717, 1.165) is 36.6 Å². The van der Waals surface area contributed by atoms with E-state index in [2.05, 4.69) is 18.8 Å². The lowest BCUT2D eigenvalue weighted by atomic mass is 9.89. The highest BCUT2D eigenvalue weighted by Gasteiger charge is 2.19. The molecule has 1 saturated carbocycles. The standard InChI is InChI=1S/C15H24N2O/c1-3-14(16)15-9-8-13(10-17-15)18-12-6-4-11(2)5-7-12/h8-12,14H,3-7,16H2,1-2H3. The van der Waals surface area contributed by atoms with Crippen LogP contribution in [-0.2, 0) is 0 Å². The molecule has 1 atom stereocenters. The Hall–Kier alpha value is -1.09. The third kappa shape index (κ3) is 3.45. The van der Waals surface area contributed by atoms with Crippen LogP contribution >= 0.6 is 0 Å². The number of nitrogens with zero attached hydrogens (tertiary/aromatic N) is 1. The first kappa shape index (κ1) is 13.3. The quantitative estimate of drug-likeness (QED) is 0.887. The molecule has 0 aromatic carbocycles. The number of aromatic nitrogens is 1. The fraction of sp³-hybridized carbons (Fsp3) is 0.667. The molecule has 2 N–H and O–H groups in total. The summed E-state index contributed by atoms with van der Waals surface area (Å²) in [5.74, 6) is 1.73. The highest BCUT2D eigenvalue weighted by molar-refractivity contribution is 5.21. The summed E-state index contributed by atoms with van der Waals surface area (Å²) in [7, 11) is 0. The SMILES string of the molecule is CCC(N)c1ccc(OC2CCC(C)CC2)cn1. The number of hydrogen-bond donors (Lipinski definition) is 1. The second-order valence-corrected chi connectivity index (χ2v) is 5.43. The van der Waals surface area contributed by atoms with Gasteiger partial charge in [0.05, 0.1) is 18.0 Å². The van der Waals surface area contributed by atoms with Crippen molar-refractivity contribution in [3.63, 3.8) is 0 Å². The minimum atomic E-state index is 0.0366. The van der Waals surface area contributed by atoms with Crippen molar-refractivity contribution in [3.8, 4) is 5.75 Å². The van der Waals surface area contributed by atoms with E-state index in [1.165, 1.54) is 12.8 Å². The molecule has 1 aromatic heterocycles. The molecule has 1 aliphatic carbocycles. The zero-order valence-electron chi connectivity index (χ0n) is 11.4. The number of hydrogen-bond acceptors (Lipinski definition) is 3. The fourth-order valence-corrected chi connectivity index (χ4v) is 2.43. The van der Waals surface area contributed by atoms with Crippen LogP contribution in [0.3, 0.4) is 0 Å². The Bertz CT molecular complexity index is 355. The molecule has 0 saturated heterocycles. The average molecular weight is 248 g/mol. The molecule has 3 nitrogen and oxygen atoms in total. The van der Waals surface area contributed by atoms with Gasteiger partial charge in [-0.1, -0.05) is 13.8 Å². The first-order valence-corrected chi connectivity index (χ1v) is 7.07. The van der Waals surface area contributed by atoms with Gasteiger partial charge < -0.3 is 10.5 Å². The van der Waals surface area contributed by atoms with E-state index in [0.29, 0.717) is 6.10 Å². The van der Waals surface area contributed by atoms with E-state index >= 15 is 0 Å². The van der Waals surface area contributed by atoms with Crippen molar-refractivity contribution in [2.24, 2.45) is 11.7 Å². The molecular formula is C15H24N2O. The molecule has 1 fully saturated rings. The molecule has 0 bridgehead atoms. The van der Waals surface area contributed by atoms with Gasteiger partial charge in [0.15, 0.2) is 0 Å². The lowest BCUT2D eigenvalue weighted by Gasteiger charge is -2.26. The number of nitrogens with two attached hydrogens (primary N) is 1. The van der Waals surface area contributed by atoms with E-state index in [4.69, 9.17) is 10.5 Å². The normalized spacial score (nSPS) is 25.7. The van der Waals surface area contributed by atoms with Crippen LogP contribution in [0, 0.1) is 5.92 Å². The Morgan fingerprint density at radius 3 is 2.61 bits per heavy atom. The van der Waals surface area contributed by atoms with E-state index in [1.54, 1.807) is 0 Å². The van der Waals surface area contributed by atoms with Crippen molar-refractivity contribution in [3.05, 3.63) is 24.0 Å². The number of rotatable bonds is 4. The molecule has 0 spiro atoms. The summed E-state index contributed by atoms with van der Waals surface area (Å²) in [6.45, 7) is 4.39. The van der Waals surface area contributed by atoms with Crippen LogP contribution < -0.4 is 10.5 Å². The second kappa shape index (κ2) is 6.19. The van der Waals surface area contributed by atoms with Gasteiger partial charge in [0.2, 0.25) is 0 Å². The van der Waals surface area contributed by atoms with Crippen LogP contribution in [0.25, 0.3) is 0 Å². The van der Waals surface area contributed by atoms with Crippen molar-refractivity contribution >= 4 is 0 Å². The molecule has 2 rings (SSSR count). The van der Waals surface area contributed by atoms with Gasteiger partial charge in [-0.2, -0.15) is 0 Å². The number of ether oxygens (including phenoxy) is 1. The van der Waals surface area contributed by atoms with Crippen LogP contribution in [-0.4, -0.2) is 11.1 Å². The molecule has 1 aliphatic rings. The van der Waals surface area contributed by atoms with Crippen molar-refractivity contribution < 1.29 is 4.74 Å². The van der Waals surface area contributed by atoms with Gasteiger partial charge >= 0.3 is 0 Å².